The van der Waals surface area contributed by atoms with Crippen LogP contribution in [0, 0.1) is 18.2 Å². The number of fused-ring (bicyclic) bond motifs is 5. The van der Waals surface area contributed by atoms with Gasteiger partial charge in [0.05, 0.1) is 10.9 Å². The Morgan fingerprint density at radius 3 is 2.73 bits per heavy atom. The first-order valence-corrected chi connectivity index (χ1v) is 16.0. The smallest absolute Gasteiger partial charge is 0.319 e. The Labute approximate surface area is 260 Å². The van der Waals surface area contributed by atoms with Crippen LogP contribution in [0.15, 0.2) is 30.3 Å². The quantitative estimate of drug-likeness (QED) is 0.291. The molecular formula is C35H36F2N6O2. The molecule has 4 atom stereocenters. The van der Waals surface area contributed by atoms with Gasteiger partial charge < -0.3 is 20.1 Å². The lowest BCUT2D eigenvalue weighted by molar-refractivity contribution is 0.107. The maximum atomic E-state index is 17.0. The Balaban J connectivity index is 1.31. The first-order chi connectivity index (χ1) is 21.9. The first kappa shape index (κ1) is 28.4. The molecule has 4 aliphatic heterocycles. The lowest BCUT2D eigenvalue weighted by Crippen LogP contribution is -2.51. The first-order valence-electron chi connectivity index (χ1n) is 16.0. The molecule has 2 aromatic carbocycles. The summed E-state index contributed by atoms with van der Waals surface area (Å²) in [6, 6.07) is 9.63. The molecule has 0 aliphatic carbocycles. The van der Waals surface area contributed by atoms with E-state index in [0.29, 0.717) is 61.3 Å². The van der Waals surface area contributed by atoms with Gasteiger partial charge in [-0.05, 0) is 73.0 Å². The summed E-state index contributed by atoms with van der Waals surface area (Å²) in [7, 11) is 0. The van der Waals surface area contributed by atoms with Crippen LogP contribution in [-0.2, 0) is 6.42 Å². The van der Waals surface area contributed by atoms with Gasteiger partial charge in [0.15, 0.2) is 5.82 Å². The van der Waals surface area contributed by atoms with Crippen molar-refractivity contribution in [1.29, 1.82) is 0 Å². The Kier molecular flexibility index (Phi) is 6.80. The number of rotatable bonds is 6. The van der Waals surface area contributed by atoms with Gasteiger partial charge in [0.2, 0.25) is 0 Å². The molecule has 8 nitrogen and oxygen atoms in total. The van der Waals surface area contributed by atoms with Crippen LogP contribution in [0.2, 0.25) is 0 Å². The molecule has 4 saturated heterocycles. The van der Waals surface area contributed by atoms with Crippen molar-refractivity contribution in [2.45, 2.75) is 69.2 Å². The topological polar surface area (TPSA) is 86.6 Å². The number of phenols is 1. The second kappa shape index (κ2) is 10.8. The maximum absolute atomic E-state index is 17.0. The van der Waals surface area contributed by atoms with Crippen LogP contribution < -0.4 is 15.0 Å². The maximum Gasteiger partial charge on any atom is 0.319 e. The van der Waals surface area contributed by atoms with Gasteiger partial charge in [-0.2, -0.15) is 9.97 Å². The molecular weight excluding hydrogens is 574 g/mol. The van der Waals surface area contributed by atoms with E-state index in [2.05, 4.69) is 26.0 Å². The Morgan fingerprint density at radius 1 is 1.13 bits per heavy atom. The summed E-state index contributed by atoms with van der Waals surface area (Å²) in [6.45, 7) is 4.88. The zero-order valence-corrected chi connectivity index (χ0v) is 25.3. The van der Waals surface area contributed by atoms with E-state index in [0.717, 1.165) is 48.6 Å². The molecule has 0 radical (unpaired) electrons. The summed E-state index contributed by atoms with van der Waals surface area (Å²) in [5.74, 6) is 2.55. The summed E-state index contributed by atoms with van der Waals surface area (Å²) in [6.07, 6.45) is 10.2. The van der Waals surface area contributed by atoms with E-state index < -0.39 is 17.5 Å². The number of halogens is 2. The van der Waals surface area contributed by atoms with Crippen molar-refractivity contribution in [3.63, 3.8) is 0 Å². The van der Waals surface area contributed by atoms with Crippen LogP contribution in [-0.4, -0.2) is 81.5 Å². The number of aromatic hydroxyl groups is 1. The number of alkyl halides is 1. The fourth-order valence-corrected chi connectivity index (χ4v) is 8.30. The van der Waals surface area contributed by atoms with Gasteiger partial charge in [-0.3, -0.25) is 4.90 Å². The average molecular weight is 611 g/mol. The van der Waals surface area contributed by atoms with E-state index >= 15 is 4.39 Å². The standard InChI is InChI=1S/C35H36F2N6O2/c1-3-20-7-5-8-21-13-25(44)14-26(28(20)21)31-30(37)32-29(27(4-2)39-31)33(42-17-23-9-10-24(18-42)38-23)41-34(40-32)45-19-35-11-6-12-43(35)16-22(36)15-35/h2,5,7-8,13-14,22-24,38,44H,3,6,9-12,15-19H2,1H3/t22-,23?,24?,35+/m1/s1. The van der Waals surface area contributed by atoms with E-state index in [9.17, 15) is 9.50 Å². The molecule has 2 N–H and O–H groups in total. The zero-order chi connectivity index (χ0) is 30.9. The summed E-state index contributed by atoms with van der Waals surface area (Å²) in [4.78, 5) is 18.6. The number of phenolic OH excluding ortho intramolecular Hbond substituents is 1. The molecule has 8 rings (SSSR count). The van der Waals surface area contributed by atoms with Crippen molar-refractivity contribution in [2.24, 2.45) is 0 Å². The number of nitrogens with one attached hydrogen (secondary N) is 1. The third-order valence-electron chi connectivity index (χ3n) is 10.3. The Morgan fingerprint density at radius 2 is 1.96 bits per heavy atom. The number of anilines is 1. The van der Waals surface area contributed by atoms with E-state index in [1.165, 1.54) is 6.07 Å². The van der Waals surface area contributed by atoms with Crippen LogP contribution in [0.1, 0.15) is 50.3 Å². The van der Waals surface area contributed by atoms with Gasteiger partial charge in [-0.1, -0.05) is 25.1 Å². The Hall–Kier alpha value is -4.07. The highest BCUT2D eigenvalue weighted by Crippen LogP contribution is 2.42. The number of aryl methyl sites for hydroxylation is 1. The van der Waals surface area contributed by atoms with Crippen molar-refractivity contribution in [2.75, 3.05) is 37.7 Å². The van der Waals surface area contributed by atoms with Gasteiger partial charge in [0, 0.05) is 43.7 Å². The molecule has 4 aromatic rings. The molecule has 232 valence electrons. The van der Waals surface area contributed by atoms with E-state index in [1.54, 1.807) is 6.07 Å². The highest BCUT2D eigenvalue weighted by Gasteiger charge is 2.49. The van der Waals surface area contributed by atoms with E-state index in [4.69, 9.17) is 21.1 Å². The third kappa shape index (κ3) is 4.67. The molecule has 2 bridgehead atoms. The lowest BCUT2D eigenvalue weighted by atomic mass is 9.94. The van der Waals surface area contributed by atoms with Crippen LogP contribution in [0.3, 0.4) is 0 Å². The highest BCUT2D eigenvalue weighted by molar-refractivity contribution is 6.03. The van der Waals surface area contributed by atoms with Crippen molar-refractivity contribution in [3.05, 3.63) is 47.4 Å². The molecule has 2 unspecified atom stereocenters. The number of terminal acetylenes is 1. The van der Waals surface area contributed by atoms with Gasteiger partial charge >= 0.3 is 6.01 Å². The van der Waals surface area contributed by atoms with Gasteiger partial charge in [-0.15, -0.1) is 6.42 Å². The van der Waals surface area contributed by atoms with Crippen LogP contribution in [0.25, 0.3) is 32.9 Å². The molecule has 45 heavy (non-hydrogen) atoms. The number of hydrogen-bond acceptors (Lipinski definition) is 8. The summed E-state index contributed by atoms with van der Waals surface area (Å²) in [5, 5.41) is 16.3. The second-order valence-electron chi connectivity index (χ2n) is 13.1. The summed E-state index contributed by atoms with van der Waals surface area (Å²) >= 11 is 0. The van der Waals surface area contributed by atoms with Crippen LogP contribution in [0.5, 0.6) is 11.8 Å². The summed E-state index contributed by atoms with van der Waals surface area (Å²) in [5.41, 5.74) is 1.31. The summed E-state index contributed by atoms with van der Waals surface area (Å²) < 4.78 is 37.8. The lowest BCUT2D eigenvalue weighted by Gasteiger charge is -2.35. The number of piperazine rings is 1. The largest absolute Gasteiger partial charge is 0.508 e. The van der Waals surface area contributed by atoms with Crippen LogP contribution >= 0.6 is 0 Å². The number of hydrogen-bond donors (Lipinski definition) is 2. The van der Waals surface area contributed by atoms with Gasteiger partial charge in [0.25, 0.3) is 0 Å². The molecule has 6 heterocycles. The number of ether oxygens (including phenoxy) is 1. The Bertz CT molecular complexity index is 1870. The van der Waals surface area contributed by atoms with Crippen LogP contribution in [0.4, 0.5) is 14.6 Å². The SMILES string of the molecule is C#Cc1nc(-c2cc(O)cc3cccc(CC)c23)c(F)c2nc(OC[C@@]34CCCN3C[C@H](F)C4)nc(N3CC4CCC(C3)N4)c12. The number of pyridine rings is 1. The van der Waals surface area contributed by atoms with E-state index in [-0.39, 0.29) is 35.3 Å². The molecule has 2 aromatic heterocycles. The predicted octanol–water partition coefficient (Wildman–Crippen LogP) is 5.13. The molecule has 0 spiro atoms. The van der Waals surface area contributed by atoms with Gasteiger partial charge in [0.1, 0.15) is 41.3 Å². The van der Waals surface area contributed by atoms with Gasteiger partial charge in [-0.25, -0.2) is 13.8 Å². The normalized spacial score (nSPS) is 26.1. The zero-order valence-electron chi connectivity index (χ0n) is 25.3. The second-order valence-corrected chi connectivity index (χ2v) is 13.1. The fraction of sp³-hybridized carbons (Fsp3) is 0.457. The van der Waals surface area contributed by atoms with Crippen molar-refractivity contribution in [3.8, 4) is 35.4 Å². The third-order valence-corrected chi connectivity index (χ3v) is 10.3. The minimum Gasteiger partial charge on any atom is -0.508 e. The molecule has 10 heteroatoms. The monoisotopic (exact) mass is 610 g/mol. The van der Waals surface area contributed by atoms with Crippen molar-refractivity contribution in [1.82, 2.24) is 25.2 Å². The van der Waals surface area contributed by atoms with Crippen molar-refractivity contribution < 1.29 is 18.6 Å². The number of nitrogens with zero attached hydrogens (tertiary/aromatic N) is 5. The number of aromatic nitrogens is 3. The number of benzene rings is 2. The molecule has 4 aliphatic rings. The average Bonchev–Trinajstić information content (AvgIpc) is 3.69. The predicted molar refractivity (Wildman–Crippen MR) is 170 cm³/mol. The molecule has 0 amide bonds. The van der Waals surface area contributed by atoms with E-state index in [1.807, 2.05) is 25.1 Å². The minimum atomic E-state index is -0.896. The minimum absolute atomic E-state index is 0.00102. The molecule has 0 saturated carbocycles. The highest BCUT2D eigenvalue weighted by atomic mass is 19.1. The van der Waals surface area contributed by atoms with Crippen molar-refractivity contribution >= 4 is 27.5 Å². The molecule has 4 fully saturated rings. The fourth-order valence-electron chi connectivity index (χ4n) is 8.30.